The summed E-state index contributed by atoms with van der Waals surface area (Å²) in [5, 5.41) is 13.2. The van der Waals surface area contributed by atoms with Gasteiger partial charge in [-0.3, -0.25) is 9.59 Å². The molecule has 1 aliphatic heterocycles. The highest BCUT2D eigenvalue weighted by atomic mass is 16.3. The van der Waals surface area contributed by atoms with Crippen molar-refractivity contribution in [3.05, 3.63) is 102 Å². The average Bonchev–Trinajstić information content (AvgIpc) is 2.81. The third kappa shape index (κ3) is 4.77. The summed E-state index contributed by atoms with van der Waals surface area (Å²) in [6, 6.07) is 26.2. The number of piperidine rings is 1. The summed E-state index contributed by atoms with van der Waals surface area (Å²) in [5.74, 6) is -0.572. The van der Waals surface area contributed by atoms with Crippen LogP contribution in [0.4, 0.5) is 0 Å². The van der Waals surface area contributed by atoms with E-state index < -0.39 is 0 Å². The lowest BCUT2D eigenvalue weighted by Gasteiger charge is -2.33. The minimum absolute atomic E-state index is 0.00325. The van der Waals surface area contributed by atoms with E-state index in [-0.39, 0.29) is 29.5 Å². The van der Waals surface area contributed by atoms with Crippen molar-refractivity contribution in [2.75, 3.05) is 13.1 Å². The van der Waals surface area contributed by atoms with Gasteiger partial charge in [-0.1, -0.05) is 72.8 Å². The van der Waals surface area contributed by atoms with Crippen LogP contribution < -0.4 is 5.32 Å². The lowest BCUT2D eigenvalue weighted by molar-refractivity contribution is -0.122. The summed E-state index contributed by atoms with van der Waals surface area (Å²) in [4.78, 5) is 27.7. The fourth-order valence-electron chi connectivity index (χ4n) is 4.12. The summed E-state index contributed by atoms with van der Waals surface area (Å²) in [6.45, 7) is 1.08. The second-order valence-electron chi connectivity index (χ2n) is 7.85. The van der Waals surface area contributed by atoms with E-state index in [4.69, 9.17) is 0 Å². The molecular formula is C26H26N2O3. The van der Waals surface area contributed by atoms with Gasteiger partial charge in [-0.05, 0) is 36.1 Å². The predicted molar refractivity (Wildman–Crippen MR) is 120 cm³/mol. The molecule has 5 heteroatoms. The molecule has 4 rings (SSSR count). The number of aromatic hydroxyl groups is 1. The van der Waals surface area contributed by atoms with Crippen LogP contribution in [0.2, 0.25) is 0 Å². The summed E-state index contributed by atoms with van der Waals surface area (Å²) >= 11 is 0. The number of carbonyl (C=O) groups excluding carboxylic acids is 2. The molecule has 0 radical (unpaired) electrons. The van der Waals surface area contributed by atoms with Gasteiger partial charge in [0.2, 0.25) is 5.91 Å². The van der Waals surface area contributed by atoms with Crippen LogP contribution in [0.3, 0.4) is 0 Å². The number of amides is 2. The van der Waals surface area contributed by atoms with Crippen molar-refractivity contribution in [3.8, 4) is 5.75 Å². The van der Waals surface area contributed by atoms with E-state index >= 15 is 0 Å². The number of nitrogens with zero attached hydrogens (tertiary/aromatic N) is 1. The number of para-hydroxylation sites is 1. The predicted octanol–water partition coefficient (Wildman–Crippen LogP) is 3.95. The standard InChI is InChI=1S/C26H26N2O3/c29-23-14-8-7-13-22(23)26(31)28-17-15-21(16-18-28)27-25(30)24(19-9-3-1-4-10-19)20-11-5-2-6-12-20/h1-14,21,24,29H,15-18H2,(H,27,30). The molecule has 0 bridgehead atoms. The number of nitrogens with one attached hydrogen (secondary N) is 1. The topological polar surface area (TPSA) is 69.6 Å². The first kappa shape index (κ1) is 20.7. The molecule has 5 nitrogen and oxygen atoms in total. The first-order valence-corrected chi connectivity index (χ1v) is 10.6. The third-order valence-electron chi connectivity index (χ3n) is 5.79. The maximum atomic E-state index is 13.3. The fourth-order valence-corrected chi connectivity index (χ4v) is 4.12. The molecule has 1 fully saturated rings. The van der Waals surface area contributed by atoms with Crippen molar-refractivity contribution in [1.29, 1.82) is 0 Å². The Labute approximate surface area is 182 Å². The molecule has 2 N–H and O–H groups in total. The number of phenolic OH excluding ortho intramolecular Hbond substituents is 1. The van der Waals surface area contributed by atoms with Crippen molar-refractivity contribution >= 4 is 11.8 Å². The van der Waals surface area contributed by atoms with Crippen molar-refractivity contribution < 1.29 is 14.7 Å². The van der Waals surface area contributed by atoms with Gasteiger partial charge in [0.05, 0.1) is 11.5 Å². The maximum absolute atomic E-state index is 13.3. The molecule has 0 saturated carbocycles. The van der Waals surface area contributed by atoms with Gasteiger partial charge in [-0.25, -0.2) is 0 Å². The van der Waals surface area contributed by atoms with E-state index in [2.05, 4.69) is 5.32 Å². The second-order valence-corrected chi connectivity index (χ2v) is 7.85. The lowest BCUT2D eigenvalue weighted by atomic mass is 9.90. The molecule has 1 heterocycles. The van der Waals surface area contributed by atoms with Gasteiger partial charge >= 0.3 is 0 Å². The zero-order valence-electron chi connectivity index (χ0n) is 17.3. The van der Waals surface area contributed by atoms with Crippen molar-refractivity contribution in [2.24, 2.45) is 0 Å². The molecule has 3 aromatic rings. The van der Waals surface area contributed by atoms with Gasteiger partial charge < -0.3 is 15.3 Å². The van der Waals surface area contributed by atoms with Crippen LogP contribution in [0.15, 0.2) is 84.9 Å². The summed E-state index contributed by atoms with van der Waals surface area (Å²) in [5.41, 5.74) is 2.23. The fraction of sp³-hybridized carbons (Fsp3) is 0.231. The quantitative estimate of drug-likeness (QED) is 0.664. The third-order valence-corrected chi connectivity index (χ3v) is 5.79. The Hall–Kier alpha value is -3.60. The van der Waals surface area contributed by atoms with Crippen LogP contribution in [0.5, 0.6) is 5.75 Å². The average molecular weight is 415 g/mol. The Bertz CT molecular complexity index is 989. The van der Waals surface area contributed by atoms with Crippen LogP contribution in [0.25, 0.3) is 0 Å². The smallest absolute Gasteiger partial charge is 0.257 e. The summed E-state index contributed by atoms with van der Waals surface area (Å²) in [6.07, 6.45) is 1.36. The van der Waals surface area contributed by atoms with Crippen LogP contribution in [0, 0.1) is 0 Å². The van der Waals surface area contributed by atoms with Crippen LogP contribution in [-0.2, 0) is 4.79 Å². The monoisotopic (exact) mass is 414 g/mol. The van der Waals surface area contributed by atoms with Gasteiger partial charge in [-0.2, -0.15) is 0 Å². The number of carbonyl (C=O) groups is 2. The molecule has 1 aliphatic rings. The molecule has 0 atom stereocenters. The molecule has 0 unspecified atom stereocenters. The van der Waals surface area contributed by atoms with Crippen molar-refractivity contribution in [3.63, 3.8) is 0 Å². The number of rotatable bonds is 5. The van der Waals surface area contributed by atoms with E-state index in [0.29, 0.717) is 31.5 Å². The molecule has 0 spiro atoms. The van der Waals surface area contributed by atoms with E-state index in [9.17, 15) is 14.7 Å². The summed E-state index contributed by atoms with van der Waals surface area (Å²) < 4.78 is 0. The SMILES string of the molecule is O=C(NC1CCN(C(=O)c2ccccc2O)CC1)C(c1ccccc1)c1ccccc1. The Kier molecular flexibility index (Phi) is 6.32. The number of hydrogen-bond donors (Lipinski definition) is 2. The van der Waals surface area contributed by atoms with Gasteiger partial charge in [0.15, 0.2) is 0 Å². The minimum Gasteiger partial charge on any atom is -0.507 e. The highest BCUT2D eigenvalue weighted by molar-refractivity contribution is 5.96. The minimum atomic E-state index is -0.372. The van der Waals surface area contributed by atoms with E-state index in [1.807, 2.05) is 60.7 Å². The zero-order valence-corrected chi connectivity index (χ0v) is 17.3. The van der Waals surface area contributed by atoms with Gasteiger partial charge in [0.25, 0.3) is 5.91 Å². The van der Waals surface area contributed by atoms with E-state index in [1.54, 1.807) is 23.1 Å². The second kappa shape index (κ2) is 9.47. The molecular weight excluding hydrogens is 388 g/mol. The van der Waals surface area contributed by atoms with E-state index in [1.165, 1.54) is 6.07 Å². The van der Waals surface area contributed by atoms with Crippen LogP contribution in [-0.4, -0.2) is 41.0 Å². The Morgan fingerprint density at radius 2 is 1.32 bits per heavy atom. The highest BCUT2D eigenvalue weighted by Crippen LogP contribution is 2.26. The molecule has 2 amide bonds. The Morgan fingerprint density at radius 3 is 1.87 bits per heavy atom. The normalized spacial score (nSPS) is 14.4. The number of hydrogen-bond acceptors (Lipinski definition) is 3. The molecule has 1 saturated heterocycles. The molecule has 31 heavy (non-hydrogen) atoms. The zero-order chi connectivity index (χ0) is 21.6. The first-order valence-electron chi connectivity index (χ1n) is 10.6. The number of likely N-dealkylation sites (tertiary alicyclic amines) is 1. The van der Waals surface area contributed by atoms with Gasteiger partial charge in [0.1, 0.15) is 5.75 Å². The van der Waals surface area contributed by atoms with Crippen molar-refractivity contribution in [2.45, 2.75) is 24.8 Å². The van der Waals surface area contributed by atoms with Crippen LogP contribution >= 0.6 is 0 Å². The highest BCUT2D eigenvalue weighted by Gasteiger charge is 2.29. The van der Waals surface area contributed by atoms with E-state index in [0.717, 1.165) is 11.1 Å². The first-order chi connectivity index (χ1) is 15.1. The summed E-state index contributed by atoms with van der Waals surface area (Å²) in [7, 11) is 0. The molecule has 158 valence electrons. The number of phenols is 1. The van der Waals surface area contributed by atoms with Crippen LogP contribution in [0.1, 0.15) is 40.2 Å². The van der Waals surface area contributed by atoms with Gasteiger partial charge in [-0.15, -0.1) is 0 Å². The number of benzene rings is 3. The maximum Gasteiger partial charge on any atom is 0.257 e. The molecule has 3 aromatic carbocycles. The lowest BCUT2D eigenvalue weighted by Crippen LogP contribution is -2.47. The molecule has 0 aliphatic carbocycles. The van der Waals surface area contributed by atoms with Crippen molar-refractivity contribution in [1.82, 2.24) is 10.2 Å². The largest absolute Gasteiger partial charge is 0.507 e. The Balaban J connectivity index is 1.42. The molecule has 0 aromatic heterocycles. The Morgan fingerprint density at radius 1 is 0.806 bits per heavy atom. The van der Waals surface area contributed by atoms with Gasteiger partial charge in [0, 0.05) is 19.1 Å².